The Labute approximate surface area is 118 Å². The number of hydrogen-bond acceptors (Lipinski definition) is 3. The van der Waals surface area contributed by atoms with E-state index in [1.807, 2.05) is 30.3 Å². The zero-order valence-electron chi connectivity index (χ0n) is 11.3. The standard InChI is InChI=1S/C17H16O3/c1-13(18)15-9-7-14(8-10-15)11-20-12-17(19)16-5-3-2-4-6-16/h2-10H,11-12H2,1H3. The summed E-state index contributed by atoms with van der Waals surface area (Å²) in [7, 11) is 0. The lowest BCUT2D eigenvalue weighted by atomic mass is 10.1. The Morgan fingerprint density at radius 3 is 2.15 bits per heavy atom. The Balaban J connectivity index is 1.84. The Hall–Kier alpha value is -2.26. The van der Waals surface area contributed by atoms with Crippen LogP contribution in [0.15, 0.2) is 54.6 Å². The minimum absolute atomic E-state index is 0.0362. The van der Waals surface area contributed by atoms with Crippen LogP contribution in [0, 0.1) is 0 Å². The molecule has 0 spiro atoms. The Bertz CT molecular complexity index is 585. The van der Waals surface area contributed by atoms with Gasteiger partial charge in [0, 0.05) is 11.1 Å². The molecule has 0 saturated heterocycles. The van der Waals surface area contributed by atoms with Crippen molar-refractivity contribution >= 4 is 11.6 Å². The van der Waals surface area contributed by atoms with Gasteiger partial charge in [-0.05, 0) is 12.5 Å². The highest BCUT2D eigenvalue weighted by atomic mass is 16.5. The second kappa shape index (κ2) is 6.78. The molecule has 0 aromatic heterocycles. The number of benzene rings is 2. The van der Waals surface area contributed by atoms with E-state index >= 15 is 0 Å². The molecule has 0 aliphatic heterocycles. The van der Waals surface area contributed by atoms with Gasteiger partial charge in [-0.2, -0.15) is 0 Å². The quantitative estimate of drug-likeness (QED) is 0.755. The van der Waals surface area contributed by atoms with Crippen LogP contribution in [0.25, 0.3) is 0 Å². The summed E-state index contributed by atoms with van der Waals surface area (Å²) < 4.78 is 5.40. The summed E-state index contributed by atoms with van der Waals surface area (Å²) >= 11 is 0. The molecule has 0 aliphatic carbocycles. The van der Waals surface area contributed by atoms with E-state index in [0.29, 0.717) is 17.7 Å². The summed E-state index contributed by atoms with van der Waals surface area (Å²) in [6, 6.07) is 16.3. The first kappa shape index (κ1) is 14.2. The van der Waals surface area contributed by atoms with E-state index in [4.69, 9.17) is 4.74 Å². The predicted molar refractivity (Wildman–Crippen MR) is 76.9 cm³/mol. The lowest BCUT2D eigenvalue weighted by molar-refractivity contribution is 0.0726. The van der Waals surface area contributed by atoms with Crippen LogP contribution in [0.1, 0.15) is 33.2 Å². The average Bonchev–Trinajstić information content (AvgIpc) is 2.48. The van der Waals surface area contributed by atoms with Crippen molar-refractivity contribution in [2.75, 3.05) is 6.61 Å². The number of rotatable bonds is 6. The molecule has 0 amide bonds. The van der Waals surface area contributed by atoms with Crippen molar-refractivity contribution in [2.45, 2.75) is 13.5 Å². The Kier molecular flexibility index (Phi) is 4.80. The molecule has 102 valence electrons. The van der Waals surface area contributed by atoms with Crippen LogP contribution < -0.4 is 0 Å². The molecular formula is C17H16O3. The molecule has 2 aromatic rings. The van der Waals surface area contributed by atoms with Gasteiger partial charge >= 0.3 is 0 Å². The maximum atomic E-state index is 11.8. The summed E-state index contributed by atoms with van der Waals surface area (Å²) in [6.07, 6.45) is 0. The highest BCUT2D eigenvalue weighted by Gasteiger charge is 2.05. The van der Waals surface area contributed by atoms with Crippen LogP contribution in [-0.4, -0.2) is 18.2 Å². The molecule has 2 rings (SSSR count). The molecule has 0 radical (unpaired) electrons. The van der Waals surface area contributed by atoms with Gasteiger partial charge in [-0.25, -0.2) is 0 Å². The van der Waals surface area contributed by atoms with E-state index in [1.54, 1.807) is 24.3 Å². The van der Waals surface area contributed by atoms with Gasteiger partial charge in [-0.15, -0.1) is 0 Å². The lowest BCUT2D eigenvalue weighted by Gasteiger charge is -2.05. The van der Waals surface area contributed by atoms with E-state index in [1.165, 1.54) is 6.92 Å². The van der Waals surface area contributed by atoms with Crippen molar-refractivity contribution < 1.29 is 14.3 Å². The molecule has 3 nitrogen and oxygen atoms in total. The first-order valence-corrected chi connectivity index (χ1v) is 6.42. The van der Waals surface area contributed by atoms with Gasteiger partial charge in [0.25, 0.3) is 0 Å². The molecule has 0 heterocycles. The molecule has 20 heavy (non-hydrogen) atoms. The SMILES string of the molecule is CC(=O)c1ccc(COCC(=O)c2ccccc2)cc1. The summed E-state index contributed by atoms with van der Waals surface area (Å²) in [5, 5.41) is 0. The van der Waals surface area contributed by atoms with E-state index in [9.17, 15) is 9.59 Å². The van der Waals surface area contributed by atoms with Crippen LogP contribution in [0.2, 0.25) is 0 Å². The second-order valence-corrected chi connectivity index (χ2v) is 4.54. The summed E-state index contributed by atoms with van der Waals surface area (Å²) in [5.41, 5.74) is 2.27. The molecular weight excluding hydrogens is 252 g/mol. The van der Waals surface area contributed by atoms with E-state index in [-0.39, 0.29) is 18.2 Å². The van der Waals surface area contributed by atoms with Gasteiger partial charge in [0.2, 0.25) is 0 Å². The molecule has 0 saturated carbocycles. The topological polar surface area (TPSA) is 43.4 Å². The summed E-state index contributed by atoms with van der Waals surface area (Å²) in [5.74, 6) is 0.00248. The van der Waals surface area contributed by atoms with Crippen LogP contribution in [0.4, 0.5) is 0 Å². The van der Waals surface area contributed by atoms with Crippen molar-refractivity contribution in [3.63, 3.8) is 0 Å². The number of ketones is 2. The van der Waals surface area contributed by atoms with Gasteiger partial charge in [0.05, 0.1) is 6.61 Å². The number of ether oxygens (including phenoxy) is 1. The average molecular weight is 268 g/mol. The fraction of sp³-hybridized carbons (Fsp3) is 0.176. The van der Waals surface area contributed by atoms with Gasteiger partial charge in [-0.1, -0.05) is 54.6 Å². The minimum atomic E-state index is -0.0362. The van der Waals surface area contributed by atoms with Crippen LogP contribution in [0.5, 0.6) is 0 Å². The van der Waals surface area contributed by atoms with Crippen molar-refractivity contribution in [2.24, 2.45) is 0 Å². The molecule has 0 aliphatic rings. The molecule has 3 heteroatoms. The third-order valence-electron chi connectivity index (χ3n) is 2.96. The smallest absolute Gasteiger partial charge is 0.188 e. The minimum Gasteiger partial charge on any atom is -0.369 e. The Morgan fingerprint density at radius 1 is 0.900 bits per heavy atom. The van der Waals surface area contributed by atoms with Crippen molar-refractivity contribution in [1.29, 1.82) is 0 Å². The van der Waals surface area contributed by atoms with Crippen molar-refractivity contribution in [3.05, 3.63) is 71.3 Å². The fourth-order valence-corrected chi connectivity index (χ4v) is 1.80. The maximum Gasteiger partial charge on any atom is 0.188 e. The van der Waals surface area contributed by atoms with Gasteiger partial charge < -0.3 is 4.74 Å². The van der Waals surface area contributed by atoms with Crippen LogP contribution in [-0.2, 0) is 11.3 Å². The first-order valence-electron chi connectivity index (χ1n) is 6.42. The van der Waals surface area contributed by atoms with Gasteiger partial charge in [0.1, 0.15) is 6.61 Å². The number of carbonyl (C=O) groups is 2. The van der Waals surface area contributed by atoms with Crippen LogP contribution >= 0.6 is 0 Å². The number of hydrogen-bond donors (Lipinski definition) is 0. The van der Waals surface area contributed by atoms with Crippen molar-refractivity contribution in [3.8, 4) is 0 Å². The maximum absolute atomic E-state index is 11.8. The number of carbonyl (C=O) groups excluding carboxylic acids is 2. The number of Topliss-reactive ketones (excluding diaryl/α,β-unsaturated/α-hetero) is 2. The van der Waals surface area contributed by atoms with Crippen LogP contribution in [0.3, 0.4) is 0 Å². The largest absolute Gasteiger partial charge is 0.369 e. The van der Waals surface area contributed by atoms with Gasteiger partial charge in [0.15, 0.2) is 11.6 Å². The third-order valence-corrected chi connectivity index (χ3v) is 2.96. The molecule has 0 bridgehead atoms. The zero-order valence-corrected chi connectivity index (χ0v) is 11.3. The molecule has 0 unspecified atom stereocenters. The van der Waals surface area contributed by atoms with Crippen molar-refractivity contribution in [1.82, 2.24) is 0 Å². The monoisotopic (exact) mass is 268 g/mol. The Morgan fingerprint density at radius 2 is 1.55 bits per heavy atom. The fourth-order valence-electron chi connectivity index (χ4n) is 1.80. The molecule has 2 aromatic carbocycles. The zero-order chi connectivity index (χ0) is 14.4. The second-order valence-electron chi connectivity index (χ2n) is 4.54. The predicted octanol–water partition coefficient (Wildman–Crippen LogP) is 3.29. The molecule has 0 fully saturated rings. The highest BCUT2D eigenvalue weighted by Crippen LogP contribution is 2.07. The van der Waals surface area contributed by atoms with E-state index in [0.717, 1.165) is 5.56 Å². The molecule has 0 N–H and O–H groups in total. The first-order chi connectivity index (χ1) is 9.66. The lowest BCUT2D eigenvalue weighted by Crippen LogP contribution is -2.08. The summed E-state index contributed by atoms with van der Waals surface area (Å²) in [6.45, 7) is 1.94. The summed E-state index contributed by atoms with van der Waals surface area (Å²) in [4.78, 5) is 22.9. The molecule has 0 atom stereocenters. The van der Waals surface area contributed by atoms with Gasteiger partial charge in [-0.3, -0.25) is 9.59 Å². The normalized spacial score (nSPS) is 10.2. The van der Waals surface area contributed by atoms with E-state index < -0.39 is 0 Å². The highest BCUT2D eigenvalue weighted by molar-refractivity contribution is 5.97. The third kappa shape index (κ3) is 3.87. The van der Waals surface area contributed by atoms with E-state index in [2.05, 4.69) is 0 Å².